The van der Waals surface area contributed by atoms with Gasteiger partial charge in [-0.1, -0.05) is 39.7 Å². The van der Waals surface area contributed by atoms with Crippen molar-refractivity contribution >= 4 is 27.5 Å². The van der Waals surface area contributed by atoms with E-state index in [9.17, 15) is 4.79 Å². The second-order valence-corrected chi connectivity index (χ2v) is 7.17. The zero-order valence-corrected chi connectivity index (χ0v) is 16.2. The van der Waals surface area contributed by atoms with E-state index in [-0.39, 0.29) is 11.9 Å². The third-order valence-corrected chi connectivity index (χ3v) is 5.39. The van der Waals surface area contributed by atoms with Gasteiger partial charge in [0.2, 0.25) is 0 Å². The van der Waals surface area contributed by atoms with Gasteiger partial charge in [0.1, 0.15) is 5.75 Å². The highest BCUT2D eigenvalue weighted by atomic mass is 79.9. The summed E-state index contributed by atoms with van der Waals surface area (Å²) in [7, 11) is 3.09. The van der Waals surface area contributed by atoms with Gasteiger partial charge in [-0.3, -0.25) is 4.79 Å². The molecule has 1 aliphatic rings. The molecule has 2 aromatic carbocycles. The number of carbonyl (C=O) groups is 1. The number of rotatable bonds is 5. The Hall–Kier alpha value is -2.07. The number of fused-ring (bicyclic) bond motifs is 1. The summed E-state index contributed by atoms with van der Waals surface area (Å²) in [5.41, 5.74) is 5.91. The lowest BCUT2D eigenvalue weighted by Crippen LogP contribution is -2.02. The molecule has 1 unspecified atom stereocenters. The number of esters is 1. The first-order valence-corrected chi connectivity index (χ1v) is 9.02. The van der Waals surface area contributed by atoms with E-state index in [1.54, 1.807) is 7.11 Å². The third-order valence-electron chi connectivity index (χ3n) is 4.86. The summed E-state index contributed by atoms with van der Waals surface area (Å²) in [5.74, 6) is 0.854. The monoisotopic (exact) mass is 400 g/mol. The molecule has 25 heavy (non-hydrogen) atoms. The van der Waals surface area contributed by atoms with E-state index in [0.29, 0.717) is 6.42 Å². The molecule has 0 aliphatic heterocycles. The topological polar surface area (TPSA) is 35.5 Å². The molecule has 0 saturated heterocycles. The second-order valence-electron chi connectivity index (χ2n) is 6.25. The first-order valence-electron chi connectivity index (χ1n) is 8.22. The molecule has 130 valence electrons. The highest BCUT2D eigenvalue weighted by Gasteiger charge is 2.30. The Morgan fingerprint density at radius 1 is 1.12 bits per heavy atom. The van der Waals surface area contributed by atoms with Crippen LogP contribution in [0.3, 0.4) is 0 Å². The van der Waals surface area contributed by atoms with Crippen molar-refractivity contribution in [1.29, 1.82) is 0 Å². The summed E-state index contributed by atoms with van der Waals surface area (Å²) in [4.78, 5) is 11.9. The fourth-order valence-electron chi connectivity index (χ4n) is 3.45. The molecule has 0 saturated carbocycles. The van der Waals surface area contributed by atoms with Crippen LogP contribution >= 0.6 is 15.9 Å². The molecule has 0 fully saturated rings. The second kappa shape index (κ2) is 7.44. The van der Waals surface area contributed by atoms with Gasteiger partial charge in [-0.05, 0) is 59.9 Å². The maximum Gasteiger partial charge on any atom is 0.309 e. The molecular formula is C21H21BrO3. The molecule has 0 radical (unpaired) electrons. The van der Waals surface area contributed by atoms with Gasteiger partial charge in [-0.2, -0.15) is 0 Å². The molecule has 4 heteroatoms. The highest BCUT2D eigenvalue weighted by molar-refractivity contribution is 9.10. The Labute approximate surface area is 156 Å². The van der Waals surface area contributed by atoms with Crippen LogP contribution in [0.15, 0.2) is 52.5 Å². The Balaban J connectivity index is 2.00. The lowest BCUT2D eigenvalue weighted by Gasteiger charge is -2.15. The third kappa shape index (κ3) is 3.64. The molecule has 0 aromatic heterocycles. The van der Waals surface area contributed by atoms with Crippen LogP contribution in [0.2, 0.25) is 0 Å². The number of hydrogen-bond acceptors (Lipinski definition) is 3. The first-order chi connectivity index (χ1) is 12.0. The van der Waals surface area contributed by atoms with E-state index in [2.05, 4.69) is 53.2 Å². The normalized spacial score (nSPS) is 15.9. The fourth-order valence-corrected chi connectivity index (χ4v) is 3.72. The zero-order chi connectivity index (χ0) is 18.0. The Morgan fingerprint density at radius 3 is 2.48 bits per heavy atom. The number of carbonyl (C=O) groups excluding carboxylic acids is 1. The quantitative estimate of drug-likeness (QED) is 0.652. The largest absolute Gasteiger partial charge is 0.497 e. The smallest absolute Gasteiger partial charge is 0.309 e. The zero-order valence-electron chi connectivity index (χ0n) is 14.6. The van der Waals surface area contributed by atoms with E-state index in [4.69, 9.17) is 9.47 Å². The molecule has 3 rings (SSSR count). The Morgan fingerprint density at radius 2 is 1.84 bits per heavy atom. The average molecular weight is 401 g/mol. The minimum Gasteiger partial charge on any atom is -0.497 e. The van der Waals surface area contributed by atoms with E-state index in [1.165, 1.54) is 23.8 Å². The van der Waals surface area contributed by atoms with E-state index in [0.717, 1.165) is 27.8 Å². The molecule has 0 amide bonds. The maximum atomic E-state index is 11.9. The van der Waals surface area contributed by atoms with Crippen molar-refractivity contribution in [1.82, 2.24) is 0 Å². The molecule has 1 aliphatic carbocycles. The maximum absolute atomic E-state index is 11.9. The SMILES string of the molecule is COC(=O)CC1=C(C)C(Cc2ccc(Br)cc2)c2ccc(OC)cc21. The van der Waals surface area contributed by atoms with Crippen LogP contribution in [-0.2, 0) is 16.0 Å². The summed E-state index contributed by atoms with van der Waals surface area (Å²) >= 11 is 3.48. The summed E-state index contributed by atoms with van der Waals surface area (Å²) in [6.45, 7) is 2.12. The van der Waals surface area contributed by atoms with Crippen molar-refractivity contribution in [2.45, 2.75) is 25.7 Å². The number of hydrogen-bond donors (Lipinski definition) is 0. The molecule has 0 heterocycles. The van der Waals surface area contributed by atoms with Crippen molar-refractivity contribution < 1.29 is 14.3 Å². The summed E-state index contributed by atoms with van der Waals surface area (Å²) < 4.78 is 11.3. The van der Waals surface area contributed by atoms with Crippen LogP contribution in [0.1, 0.15) is 36.0 Å². The number of benzene rings is 2. The first kappa shape index (κ1) is 17.7. The van der Waals surface area contributed by atoms with Crippen LogP contribution in [0, 0.1) is 0 Å². The lowest BCUT2D eigenvalue weighted by atomic mass is 9.90. The number of allylic oxidation sites excluding steroid dienone is 1. The summed E-state index contributed by atoms with van der Waals surface area (Å²) in [6.07, 6.45) is 1.20. The number of methoxy groups -OCH3 is 2. The van der Waals surface area contributed by atoms with Gasteiger partial charge in [0.25, 0.3) is 0 Å². The van der Waals surface area contributed by atoms with Crippen molar-refractivity contribution in [2.75, 3.05) is 14.2 Å². The molecular weight excluding hydrogens is 380 g/mol. The standard InChI is InChI=1S/C21H21BrO3/c1-13-18(10-14-4-6-15(22)7-5-14)17-9-8-16(24-2)11-20(17)19(13)12-21(23)25-3/h4-9,11,18H,10,12H2,1-3H3. The van der Waals surface area contributed by atoms with Gasteiger partial charge in [-0.15, -0.1) is 0 Å². The van der Waals surface area contributed by atoms with E-state index < -0.39 is 0 Å². The molecule has 0 bridgehead atoms. The molecule has 3 nitrogen and oxygen atoms in total. The molecule has 2 aromatic rings. The van der Waals surface area contributed by atoms with Crippen molar-refractivity contribution in [3.8, 4) is 5.75 Å². The lowest BCUT2D eigenvalue weighted by molar-refractivity contribution is -0.139. The molecule has 0 spiro atoms. The van der Waals surface area contributed by atoms with Crippen LogP contribution in [-0.4, -0.2) is 20.2 Å². The highest BCUT2D eigenvalue weighted by Crippen LogP contribution is 2.46. The molecule has 1 atom stereocenters. The van der Waals surface area contributed by atoms with Gasteiger partial charge in [0, 0.05) is 10.4 Å². The molecule has 0 N–H and O–H groups in total. The van der Waals surface area contributed by atoms with Crippen LogP contribution in [0.25, 0.3) is 5.57 Å². The Bertz CT molecular complexity index is 822. The van der Waals surface area contributed by atoms with Crippen LogP contribution < -0.4 is 4.74 Å². The predicted molar refractivity (Wildman–Crippen MR) is 103 cm³/mol. The summed E-state index contributed by atoms with van der Waals surface area (Å²) in [5, 5.41) is 0. The van der Waals surface area contributed by atoms with Crippen molar-refractivity contribution in [3.05, 3.63) is 69.2 Å². The van der Waals surface area contributed by atoms with Crippen LogP contribution in [0.5, 0.6) is 5.75 Å². The van der Waals surface area contributed by atoms with Gasteiger partial charge in [0.05, 0.1) is 20.6 Å². The van der Waals surface area contributed by atoms with Gasteiger partial charge in [-0.25, -0.2) is 0 Å². The fraction of sp³-hybridized carbons (Fsp3) is 0.286. The number of ether oxygens (including phenoxy) is 2. The van der Waals surface area contributed by atoms with Crippen molar-refractivity contribution in [2.24, 2.45) is 0 Å². The van der Waals surface area contributed by atoms with E-state index in [1.807, 2.05) is 12.1 Å². The Kier molecular flexibility index (Phi) is 5.28. The predicted octanol–water partition coefficient (Wildman–Crippen LogP) is 5.13. The van der Waals surface area contributed by atoms with Crippen molar-refractivity contribution in [3.63, 3.8) is 0 Å². The minimum atomic E-state index is -0.215. The van der Waals surface area contributed by atoms with Gasteiger partial charge >= 0.3 is 5.97 Å². The van der Waals surface area contributed by atoms with Crippen LogP contribution in [0.4, 0.5) is 0 Å². The van der Waals surface area contributed by atoms with Gasteiger partial charge < -0.3 is 9.47 Å². The average Bonchev–Trinajstić information content (AvgIpc) is 2.88. The van der Waals surface area contributed by atoms with E-state index >= 15 is 0 Å². The minimum absolute atomic E-state index is 0.215. The summed E-state index contributed by atoms with van der Waals surface area (Å²) in [6, 6.07) is 14.5. The van der Waals surface area contributed by atoms with Gasteiger partial charge in [0.15, 0.2) is 0 Å². The number of halogens is 1.